The van der Waals surface area contributed by atoms with Gasteiger partial charge in [-0.1, -0.05) is 19.9 Å². The second-order valence-corrected chi connectivity index (χ2v) is 8.39. The third-order valence-corrected chi connectivity index (χ3v) is 6.77. The lowest BCUT2D eigenvalue weighted by Gasteiger charge is -2.67. The maximum Gasteiger partial charge on any atom is 0.331 e. The molecule has 1 aromatic carbocycles. The number of carbonyl (C=O) groups is 1. The van der Waals surface area contributed by atoms with E-state index in [1.165, 1.54) is 18.9 Å². The van der Waals surface area contributed by atoms with E-state index in [1.54, 1.807) is 6.08 Å². The van der Waals surface area contributed by atoms with Gasteiger partial charge in [-0.3, -0.25) is 0 Å². The highest BCUT2D eigenvalue weighted by Crippen LogP contribution is 2.79. The first-order valence-electron chi connectivity index (χ1n) is 8.76. The maximum absolute atomic E-state index is 12.3. The van der Waals surface area contributed by atoms with Crippen LogP contribution in [-0.2, 0) is 9.53 Å². The number of carbonyl (C=O) groups excluding carboxylic acids is 1. The van der Waals surface area contributed by atoms with E-state index in [0.717, 1.165) is 35.3 Å². The Kier molecular flexibility index (Phi) is 2.73. The van der Waals surface area contributed by atoms with Gasteiger partial charge in [0.2, 0.25) is 6.79 Å². The van der Waals surface area contributed by atoms with Crippen molar-refractivity contribution in [3.05, 3.63) is 29.8 Å². The number of hydrogen-bond acceptors (Lipinski definition) is 4. The summed E-state index contributed by atoms with van der Waals surface area (Å²) in [6.45, 7) is 4.95. The second kappa shape index (κ2) is 4.56. The van der Waals surface area contributed by atoms with Gasteiger partial charge in [-0.25, -0.2) is 4.79 Å². The molecular weight excluding hydrogens is 304 g/mol. The summed E-state index contributed by atoms with van der Waals surface area (Å²) >= 11 is 0. The molecule has 0 spiro atoms. The zero-order chi connectivity index (χ0) is 16.5. The fourth-order valence-electron chi connectivity index (χ4n) is 6.24. The Morgan fingerprint density at radius 3 is 2.92 bits per heavy atom. The number of hydrogen-bond donors (Lipinski definition) is 0. The first-order chi connectivity index (χ1) is 11.5. The zero-order valence-corrected chi connectivity index (χ0v) is 14.1. The van der Waals surface area contributed by atoms with Gasteiger partial charge in [0.25, 0.3) is 0 Å². The summed E-state index contributed by atoms with van der Waals surface area (Å²) in [6.07, 6.45) is 6.94. The third-order valence-electron chi connectivity index (χ3n) is 6.77. The Balaban J connectivity index is 1.25. The van der Waals surface area contributed by atoms with Crippen molar-refractivity contribution in [3.63, 3.8) is 0 Å². The minimum absolute atomic E-state index is 0.0805. The standard InChI is InChI=1S/C20H22O4/c1-19-9-13-8-16(20(2,10-19)18(13)19)24-17(21)6-4-12-3-5-14-15(7-12)23-11-22-14/h3-7,13,16,18H,8-11H2,1-2H3/b6-4+. The molecule has 0 aromatic heterocycles. The summed E-state index contributed by atoms with van der Waals surface area (Å²) in [6, 6.07) is 5.64. The van der Waals surface area contributed by atoms with E-state index in [1.807, 2.05) is 18.2 Å². The third kappa shape index (κ3) is 1.83. The van der Waals surface area contributed by atoms with Crippen LogP contribution in [0.25, 0.3) is 6.08 Å². The van der Waals surface area contributed by atoms with Crippen molar-refractivity contribution in [2.24, 2.45) is 22.7 Å². The molecule has 1 aromatic rings. The van der Waals surface area contributed by atoms with E-state index in [0.29, 0.717) is 5.41 Å². The first-order valence-corrected chi connectivity index (χ1v) is 8.76. The van der Waals surface area contributed by atoms with Gasteiger partial charge >= 0.3 is 5.97 Å². The van der Waals surface area contributed by atoms with Crippen molar-refractivity contribution in [3.8, 4) is 11.5 Å². The molecule has 4 aliphatic rings. The lowest BCUT2D eigenvalue weighted by atomic mass is 9.37. The van der Waals surface area contributed by atoms with Crippen molar-refractivity contribution in [2.75, 3.05) is 6.79 Å². The van der Waals surface area contributed by atoms with E-state index in [2.05, 4.69) is 13.8 Å². The fraction of sp³-hybridized carbons (Fsp3) is 0.550. The highest BCUT2D eigenvalue weighted by molar-refractivity contribution is 5.87. The topological polar surface area (TPSA) is 44.8 Å². The first kappa shape index (κ1) is 14.4. The van der Waals surface area contributed by atoms with E-state index in [4.69, 9.17) is 14.2 Å². The van der Waals surface area contributed by atoms with Gasteiger partial charge in [0.15, 0.2) is 11.5 Å². The molecule has 3 fully saturated rings. The molecule has 0 bridgehead atoms. The Bertz CT molecular complexity index is 754. The molecule has 24 heavy (non-hydrogen) atoms. The summed E-state index contributed by atoms with van der Waals surface area (Å²) in [5, 5.41) is 0. The molecule has 5 unspecified atom stereocenters. The zero-order valence-electron chi connectivity index (χ0n) is 14.1. The monoisotopic (exact) mass is 326 g/mol. The maximum atomic E-state index is 12.3. The summed E-state index contributed by atoms with van der Waals surface area (Å²) in [4.78, 5) is 12.3. The SMILES string of the molecule is CC12CC3CC(OC(=O)/C=C/c4ccc5c(c4)OCO5)C(C)(C1)C32. The van der Waals surface area contributed by atoms with Gasteiger partial charge in [0.05, 0.1) is 0 Å². The van der Waals surface area contributed by atoms with Crippen LogP contribution in [0.3, 0.4) is 0 Å². The van der Waals surface area contributed by atoms with E-state index in [9.17, 15) is 4.79 Å². The lowest BCUT2D eigenvalue weighted by Crippen LogP contribution is -2.62. The van der Waals surface area contributed by atoms with Gasteiger partial charge in [-0.2, -0.15) is 0 Å². The van der Waals surface area contributed by atoms with E-state index < -0.39 is 0 Å². The van der Waals surface area contributed by atoms with Crippen LogP contribution >= 0.6 is 0 Å². The van der Waals surface area contributed by atoms with Crippen molar-refractivity contribution < 1.29 is 19.0 Å². The Morgan fingerprint density at radius 2 is 2.12 bits per heavy atom. The Labute approximate surface area is 141 Å². The Hall–Kier alpha value is -1.97. The summed E-state index contributed by atoms with van der Waals surface area (Å²) in [7, 11) is 0. The second-order valence-electron chi connectivity index (χ2n) is 8.39. The van der Waals surface area contributed by atoms with Gasteiger partial charge in [0.1, 0.15) is 6.10 Å². The molecular formula is C20H22O4. The summed E-state index contributed by atoms with van der Waals surface area (Å²) < 4.78 is 16.5. The predicted octanol–water partition coefficient (Wildman–Crippen LogP) is 3.80. The molecule has 126 valence electrons. The van der Waals surface area contributed by atoms with E-state index >= 15 is 0 Å². The molecule has 3 aliphatic carbocycles. The van der Waals surface area contributed by atoms with Crippen LogP contribution in [0.1, 0.15) is 38.7 Å². The highest BCUT2D eigenvalue weighted by Gasteiger charge is 2.75. The Morgan fingerprint density at radius 1 is 1.29 bits per heavy atom. The van der Waals surface area contributed by atoms with Gasteiger partial charge < -0.3 is 14.2 Å². The number of ether oxygens (including phenoxy) is 3. The van der Waals surface area contributed by atoms with Gasteiger partial charge in [-0.15, -0.1) is 0 Å². The minimum atomic E-state index is -0.242. The fourth-order valence-corrected chi connectivity index (χ4v) is 6.24. The quantitative estimate of drug-likeness (QED) is 0.626. The van der Waals surface area contributed by atoms with Crippen LogP contribution in [0.15, 0.2) is 24.3 Å². The summed E-state index contributed by atoms with van der Waals surface area (Å²) in [5.41, 5.74) is 1.65. The predicted molar refractivity (Wildman–Crippen MR) is 88.5 cm³/mol. The van der Waals surface area contributed by atoms with Crippen molar-refractivity contribution in [1.82, 2.24) is 0 Å². The number of benzene rings is 1. The molecule has 4 nitrogen and oxygen atoms in total. The molecule has 5 rings (SSSR count). The van der Waals surface area contributed by atoms with Crippen molar-refractivity contribution >= 4 is 12.0 Å². The highest BCUT2D eigenvalue weighted by atomic mass is 16.7. The molecule has 1 aliphatic heterocycles. The van der Waals surface area contributed by atoms with Crippen LogP contribution in [0.2, 0.25) is 0 Å². The smallest absolute Gasteiger partial charge is 0.331 e. The van der Waals surface area contributed by atoms with Crippen LogP contribution in [0.5, 0.6) is 11.5 Å². The molecule has 4 heteroatoms. The number of rotatable bonds is 3. The average molecular weight is 326 g/mol. The number of fused-ring (bicyclic) bond motifs is 1. The lowest BCUT2D eigenvalue weighted by molar-refractivity contribution is -0.213. The van der Waals surface area contributed by atoms with Crippen molar-refractivity contribution in [1.29, 1.82) is 0 Å². The van der Waals surface area contributed by atoms with Crippen LogP contribution in [-0.4, -0.2) is 18.9 Å². The molecule has 1 heterocycles. The largest absolute Gasteiger partial charge is 0.459 e. The average Bonchev–Trinajstić information content (AvgIpc) is 3.01. The van der Waals surface area contributed by atoms with Crippen molar-refractivity contribution in [2.45, 2.75) is 39.2 Å². The normalized spacial score (nSPS) is 40.8. The molecule has 0 amide bonds. The van der Waals surface area contributed by atoms with Crippen LogP contribution in [0.4, 0.5) is 0 Å². The van der Waals surface area contributed by atoms with Gasteiger partial charge in [-0.05, 0) is 60.3 Å². The van der Waals surface area contributed by atoms with Crippen LogP contribution < -0.4 is 9.47 Å². The molecule has 0 saturated heterocycles. The molecule has 0 radical (unpaired) electrons. The number of esters is 1. The minimum Gasteiger partial charge on any atom is -0.459 e. The van der Waals surface area contributed by atoms with Crippen LogP contribution in [0, 0.1) is 22.7 Å². The molecule has 3 saturated carbocycles. The van der Waals surface area contributed by atoms with E-state index in [-0.39, 0.29) is 24.3 Å². The molecule has 0 N–H and O–H groups in total. The van der Waals surface area contributed by atoms with Gasteiger partial charge in [0, 0.05) is 11.5 Å². The molecule has 5 atom stereocenters. The summed E-state index contributed by atoms with van der Waals surface area (Å²) in [5.74, 6) is 2.76.